The van der Waals surface area contributed by atoms with Gasteiger partial charge in [0.2, 0.25) is 0 Å². The number of thiazole rings is 1. The Bertz CT molecular complexity index is 768. The van der Waals surface area contributed by atoms with Crippen LogP contribution in [0.25, 0.3) is 0 Å². The van der Waals surface area contributed by atoms with Crippen molar-refractivity contribution in [2.24, 2.45) is 0 Å². The molecule has 1 N–H and O–H groups in total. The van der Waals surface area contributed by atoms with Gasteiger partial charge >= 0.3 is 0 Å². The van der Waals surface area contributed by atoms with Gasteiger partial charge < -0.3 is 5.32 Å². The molecule has 1 aliphatic carbocycles. The van der Waals surface area contributed by atoms with Gasteiger partial charge in [-0.2, -0.15) is 0 Å². The first-order valence-corrected chi connectivity index (χ1v) is 9.32. The molecule has 1 aromatic heterocycles. The van der Waals surface area contributed by atoms with Gasteiger partial charge in [0.1, 0.15) is 0 Å². The Hall–Kier alpha value is -1.68. The van der Waals surface area contributed by atoms with E-state index in [1.165, 1.54) is 23.4 Å². The van der Waals surface area contributed by atoms with Gasteiger partial charge in [0.05, 0.1) is 5.69 Å². The first-order valence-electron chi connectivity index (χ1n) is 8.50. The lowest BCUT2D eigenvalue weighted by molar-refractivity contribution is 0.101. The van der Waals surface area contributed by atoms with Crippen molar-refractivity contribution < 1.29 is 4.79 Å². The number of nitrogens with zero attached hydrogens (tertiary/aromatic N) is 1. The van der Waals surface area contributed by atoms with Crippen LogP contribution in [-0.2, 0) is 10.8 Å². The molecule has 0 radical (unpaired) electrons. The zero-order valence-corrected chi connectivity index (χ0v) is 16.2. The SMILES string of the molecule is CC(=O)c1ccc(Nc2nc3c(s2)C(C)(C)CCC3(C)C)c(C)c1. The monoisotopic (exact) mass is 342 g/mol. The molecule has 0 bridgehead atoms. The highest BCUT2D eigenvalue weighted by molar-refractivity contribution is 7.16. The average molecular weight is 343 g/mol. The summed E-state index contributed by atoms with van der Waals surface area (Å²) in [5.41, 5.74) is 4.39. The first-order chi connectivity index (χ1) is 11.1. The number of anilines is 2. The molecule has 1 aromatic carbocycles. The summed E-state index contributed by atoms with van der Waals surface area (Å²) in [4.78, 5) is 17.8. The summed E-state index contributed by atoms with van der Waals surface area (Å²) in [6.07, 6.45) is 2.36. The Balaban J connectivity index is 1.95. The molecule has 0 fully saturated rings. The van der Waals surface area contributed by atoms with E-state index in [0.29, 0.717) is 0 Å². The van der Waals surface area contributed by atoms with Crippen LogP contribution in [0.5, 0.6) is 0 Å². The number of hydrogen-bond donors (Lipinski definition) is 1. The average Bonchev–Trinajstić information content (AvgIpc) is 2.92. The summed E-state index contributed by atoms with van der Waals surface area (Å²) in [7, 11) is 0. The fourth-order valence-corrected chi connectivity index (χ4v) is 4.57. The van der Waals surface area contributed by atoms with Gasteiger partial charge in [-0.3, -0.25) is 4.79 Å². The number of ketones is 1. The minimum Gasteiger partial charge on any atom is -0.331 e. The van der Waals surface area contributed by atoms with Crippen LogP contribution in [0.3, 0.4) is 0 Å². The minimum atomic E-state index is 0.0952. The molecule has 0 saturated heterocycles. The number of carbonyl (C=O) groups excluding carboxylic acids is 1. The Morgan fingerprint density at radius 1 is 1.17 bits per heavy atom. The highest BCUT2D eigenvalue weighted by atomic mass is 32.1. The van der Waals surface area contributed by atoms with Crippen LogP contribution in [0.1, 0.15) is 74.0 Å². The van der Waals surface area contributed by atoms with Crippen LogP contribution >= 0.6 is 11.3 Å². The van der Waals surface area contributed by atoms with Gasteiger partial charge in [0.15, 0.2) is 10.9 Å². The van der Waals surface area contributed by atoms with Gasteiger partial charge in [-0.15, -0.1) is 11.3 Å². The number of rotatable bonds is 3. The molecule has 128 valence electrons. The van der Waals surface area contributed by atoms with Crippen molar-refractivity contribution in [2.45, 2.75) is 65.2 Å². The van der Waals surface area contributed by atoms with Gasteiger partial charge in [-0.05, 0) is 50.5 Å². The van der Waals surface area contributed by atoms with Crippen molar-refractivity contribution in [1.29, 1.82) is 0 Å². The second-order valence-electron chi connectivity index (χ2n) is 8.18. The molecular formula is C20H26N2OS. The lowest BCUT2D eigenvalue weighted by atomic mass is 9.69. The van der Waals surface area contributed by atoms with Crippen molar-refractivity contribution in [3.8, 4) is 0 Å². The Morgan fingerprint density at radius 2 is 1.83 bits per heavy atom. The summed E-state index contributed by atoms with van der Waals surface area (Å²) in [6, 6.07) is 5.79. The van der Waals surface area contributed by atoms with E-state index in [0.717, 1.165) is 21.9 Å². The predicted molar refractivity (Wildman–Crippen MR) is 102 cm³/mol. The van der Waals surface area contributed by atoms with Crippen molar-refractivity contribution in [3.05, 3.63) is 39.9 Å². The Kier molecular flexibility index (Phi) is 4.07. The molecule has 0 amide bonds. The second-order valence-corrected chi connectivity index (χ2v) is 9.17. The largest absolute Gasteiger partial charge is 0.331 e. The third-order valence-electron chi connectivity index (χ3n) is 5.13. The van der Waals surface area contributed by atoms with Crippen LogP contribution < -0.4 is 5.32 Å². The number of Topliss-reactive ketones (excluding diaryl/α,β-unsaturated/α-hetero) is 1. The molecule has 3 rings (SSSR count). The number of fused-ring (bicyclic) bond motifs is 1. The highest BCUT2D eigenvalue weighted by Gasteiger charge is 2.40. The number of hydrogen-bond acceptors (Lipinski definition) is 4. The van der Waals surface area contributed by atoms with E-state index in [9.17, 15) is 4.79 Å². The molecule has 3 nitrogen and oxygen atoms in total. The number of aryl methyl sites for hydroxylation is 1. The molecule has 2 aromatic rings. The normalized spacial score (nSPS) is 18.1. The van der Waals surface area contributed by atoms with Gasteiger partial charge in [0, 0.05) is 27.0 Å². The zero-order chi connectivity index (χ0) is 17.7. The van der Waals surface area contributed by atoms with Crippen molar-refractivity contribution >= 4 is 27.9 Å². The molecule has 0 spiro atoms. The van der Waals surface area contributed by atoms with Crippen molar-refractivity contribution in [3.63, 3.8) is 0 Å². The van der Waals surface area contributed by atoms with E-state index in [4.69, 9.17) is 4.98 Å². The van der Waals surface area contributed by atoms with Gasteiger partial charge in [0.25, 0.3) is 0 Å². The molecule has 24 heavy (non-hydrogen) atoms. The lowest BCUT2D eigenvalue weighted by Crippen LogP contribution is -2.32. The van der Waals surface area contributed by atoms with E-state index >= 15 is 0 Å². The molecule has 4 heteroatoms. The molecule has 0 saturated carbocycles. The van der Waals surface area contributed by atoms with Crippen molar-refractivity contribution in [2.75, 3.05) is 5.32 Å². The second kappa shape index (κ2) is 5.69. The fraction of sp³-hybridized carbons (Fsp3) is 0.500. The molecule has 0 unspecified atom stereocenters. The summed E-state index contributed by atoms with van der Waals surface area (Å²) >= 11 is 1.77. The number of carbonyl (C=O) groups is 1. The molecule has 0 atom stereocenters. The number of benzene rings is 1. The van der Waals surface area contributed by atoms with E-state index < -0.39 is 0 Å². The quantitative estimate of drug-likeness (QED) is 0.722. The summed E-state index contributed by atoms with van der Waals surface area (Å²) < 4.78 is 0. The van der Waals surface area contributed by atoms with E-state index in [1.807, 2.05) is 25.1 Å². The molecule has 1 heterocycles. The number of nitrogens with one attached hydrogen (secondary N) is 1. The first kappa shape index (κ1) is 17.2. The lowest BCUT2D eigenvalue weighted by Gasteiger charge is -2.37. The topological polar surface area (TPSA) is 42.0 Å². The van der Waals surface area contributed by atoms with E-state index in [-0.39, 0.29) is 16.6 Å². The van der Waals surface area contributed by atoms with Crippen LogP contribution in [-0.4, -0.2) is 10.8 Å². The van der Waals surface area contributed by atoms with E-state index in [1.54, 1.807) is 18.3 Å². The van der Waals surface area contributed by atoms with Gasteiger partial charge in [-0.1, -0.05) is 27.7 Å². The standard InChI is InChI=1S/C20H26N2OS/c1-12-11-14(13(2)23)7-8-15(12)21-18-22-16-17(24-18)20(5,6)10-9-19(16,3)4/h7-8,11H,9-10H2,1-6H3,(H,21,22). The molecular weight excluding hydrogens is 316 g/mol. The molecule has 0 aliphatic heterocycles. The minimum absolute atomic E-state index is 0.0952. The maximum absolute atomic E-state index is 11.5. The zero-order valence-electron chi connectivity index (χ0n) is 15.4. The third kappa shape index (κ3) is 3.00. The maximum atomic E-state index is 11.5. The van der Waals surface area contributed by atoms with E-state index in [2.05, 4.69) is 33.0 Å². The third-order valence-corrected chi connectivity index (χ3v) is 6.47. The number of aromatic nitrogens is 1. The smallest absolute Gasteiger partial charge is 0.187 e. The maximum Gasteiger partial charge on any atom is 0.187 e. The van der Waals surface area contributed by atoms with Crippen molar-refractivity contribution in [1.82, 2.24) is 4.98 Å². The summed E-state index contributed by atoms with van der Waals surface area (Å²) in [5, 5.41) is 4.41. The fourth-order valence-electron chi connectivity index (χ4n) is 3.29. The van der Waals surface area contributed by atoms with Gasteiger partial charge in [-0.25, -0.2) is 4.98 Å². The summed E-state index contributed by atoms with van der Waals surface area (Å²) in [5.74, 6) is 0.0952. The van der Waals surface area contributed by atoms with Crippen LogP contribution in [0.4, 0.5) is 10.8 Å². The predicted octanol–water partition coefficient (Wildman–Crippen LogP) is 5.75. The van der Waals surface area contributed by atoms with Crippen LogP contribution in [0, 0.1) is 6.92 Å². The molecule has 1 aliphatic rings. The summed E-state index contributed by atoms with van der Waals surface area (Å²) in [6.45, 7) is 12.8. The Morgan fingerprint density at radius 3 is 2.42 bits per heavy atom. The van der Waals surface area contributed by atoms with Crippen LogP contribution in [0.2, 0.25) is 0 Å². The highest BCUT2D eigenvalue weighted by Crippen LogP contribution is 2.49. The Labute approximate surface area is 148 Å². The van der Waals surface area contributed by atoms with Crippen LogP contribution in [0.15, 0.2) is 18.2 Å².